The first-order chi connectivity index (χ1) is 9.54. The lowest BCUT2D eigenvalue weighted by Crippen LogP contribution is -2.47. The Bertz CT molecular complexity index is 536. The van der Waals surface area contributed by atoms with Crippen molar-refractivity contribution in [3.05, 3.63) is 39.4 Å². The number of amides is 1. The first kappa shape index (κ1) is 17.4. The van der Waals surface area contributed by atoms with Crippen LogP contribution >= 0.6 is 12.4 Å². The average molecular weight is 314 g/mol. The van der Waals surface area contributed by atoms with E-state index in [0.29, 0.717) is 30.3 Å². The summed E-state index contributed by atoms with van der Waals surface area (Å²) in [5.41, 5.74) is 0.864. The Hall–Kier alpha value is -1.66. The number of hydrogen-bond donors (Lipinski definition) is 1. The van der Waals surface area contributed by atoms with Crippen LogP contribution < -0.4 is 5.32 Å². The third-order valence-electron chi connectivity index (χ3n) is 3.85. The lowest BCUT2D eigenvalue weighted by Gasteiger charge is -2.32. The van der Waals surface area contributed by atoms with E-state index in [1.54, 1.807) is 24.0 Å². The number of hydrogen-bond acceptors (Lipinski definition) is 4. The van der Waals surface area contributed by atoms with Gasteiger partial charge in [0.2, 0.25) is 0 Å². The molecule has 1 heterocycles. The van der Waals surface area contributed by atoms with E-state index in [9.17, 15) is 14.9 Å². The van der Waals surface area contributed by atoms with Crippen LogP contribution in [0.4, 0.5) is 5.69 Å². The molecule has 1 aromatic carbocycles. The number of nitro groups is 1. The largest absolute Gasteiger partial charge is 0.337 e. The van der Waals surface area contributed by atoms with Crippen LogP contribution in [0.2, 0.25) is 0 Å². The van der Waals surface area contributed by atoms with Crippen LogP contribution in [0.1, 0.15) is 28.8 Å². The zero-order valence-corrected chi connectivity index (χ0v) is 13.0. The minimum absolute atomic E-state index is 0. The Morgan fingerprint density at radius 3 is 2.81 bits per heavy atom. The number of carbonyl (C=O) groups excluding carboxylic acids is 1. The van der Waals surface area contributed by atoms with E-state index in [1.165, 1.54) is 6.07 Å². The Kier molecular flexibility index (Phi) is 6.11. The monoisotopic (exact) mass is 313 g/mol. The second-order valence-electron chi connectivity index (χ2n) is 5.09. The predicted octanol–water partition coefficient (Wildman–Crippen LogP) is 2.15. The molecule has 6 nitrogen and oxygen atoms in total. The van der Waals surface area contributed by atoms with Crippen LogP contribution in [0.25, 0.3) is 0 Å². The van der Waals surface area contributed by atoms with Gasteiger partial charge in [-0.3, -0.25) is 14.9 Å². The fraction of sp³-hybridized carbons (Fsp3) is 0.500. The van der Waals surface area contributed by atoms with Gasteiger partial charge in [0.05, 0.1) is 4.92 Å². The summed E-state index contributed by atoms with van der Waals surface area (Å²) in [5, 5.41) is 14.1. The van der Waals surface area contributed by atoms with Crippen molar-refractivity contribution in [1.82, 2.24) is 10.2 Å². The van der Waals surface area contributed by atoms with Crippen molar-refractivity contribution in [3.63, 3.8) is 0 Å². The highest BCUT2D eigenvalue weighted by Crippen LogP contribution is 2.23. The van der Waals surface area contributed by atoms with Gasteiger partial charge in [-0.2, -0.15) is 0 Å². The summed E-state index contributed by atoms with van der Waals surface area (Å²) in [4.78, 5) is 24.8. The quantitative estimate of drug-likeness (QED) is 0.685. The van der Waals surface area contributed by atoms with Crippen molar-refractivity contribution in [2.24, 2.45) is 0 Å². The molecule has 0 saturated carbocycles. The Morgan fingerprint density at radius 1 is 1.48 bits per heavy atom. The average Bonchev–Trinajstić information content (AvgIpc) is 2.46. The highest BCUT2D eigenvalue weighted by molar-refractivity contribution is 5.96. The maximum absolute atomic E-state index is 12.5. The van der Waals surface area contributed by atoms with Crippen molar-refractivity contribution in [2.45, 2.75) is 25.8 Å². The van der Waals surface area contributed by atoms with Crippen molar-refractivity contribution in [2.75, 3.05) is 20.1 Å². The van der Waals surface area contributed by atoms with Crippen LogP contribution in [0.5, 0.6) is 0 Å². The molecule has 1 N–H and O–H groups in total. The van der Waals surface area contributed by atoms with Crippen molar-refractivity contribution in [1.29, 1.82) is 0 Å². The molecule has 2 rings (SSSR count). The number of carbonyl (C=O) groups is 1. The number of nitrogens with zero attached hydrogens (tertiary/aromatic N) is 2. The lowest BCUT2D eigenvalue weighted by atomic mass is 10.0. The summed E-state index contributed by atoms with van der Waals surface area (Å²) in [6, 6.07) is 4.95. The van der Waals surface area contributed by atoms with Gasteiger partial charge in [-0.1, -0.05) is 6.07 Å². The number of benzene rings is 1. The Labute approximate surface area is 130 Å². The molecule has 1 fully saturated rings. The molecule has 0 aromatic heterocycles. The van der Waals surface area contributed by atoms with Gasteiger partial charge < -0.3 is 10.2 Å². The first-order valence-electron chi connectivity index (χ1n) is 6.75. The highest BCUT2D eigenvalue weighted by atomic mass is 35.5. The molecule has 1 aliphatic rings. The van der Waals surface area contributed by atoms with Gasteiger partial charge in [0, 0.05) is 36.3 Å². The van der Waals surface area contributed by atoms with E-state index in [-0.39, 0.29) is 24.0 Å². The van der Waals surface area contributed by atoms with E-state index in [4.69, 9.17) is 0 Å². The van der Waals surface area contributed by atoms with Gasteiger partial charge in [-0.25, -0.2) is 0 Å². The number of likely N-dealkylation sites (N-methyl/N-ethyl adjacent to an activating group) is 1. The van der Waals surface area contributed by atoms with Gasteiger partial charge >= 0.3 is 0 Å². The molecule has 0 bridgehead atoms. The van der Waals surface area contributed by atoms with E-state index in [2.05, 4.69) is 5.32 Å². The van der Waals surface area contributed by atoms with E-state index in [1.807, 2.05) is 7.05 Å². The first-order valence-corrected chi connectivity index (χ1v) is 6.75. The molecule has 1 aliphatic heterocycles. The van der Waals surface area contributed by atoms with Gasteiger partial charge in [-0.15, -0.1) is 12.4 Å². The summed E-state index contributed by atoms with van der Waals surface area (Å²) in [7, 11) is 1.89. The van der Waals surface area contributed by atoms with Crippen LogP contribution in [-0.4, -0.2) is 41.9 Å². The minimum atomic E-state index is -0.446. The lowest BCUT2D eigenvalue weighted by molar-refractivity contribution is -0.385. The van der Waals surface area contributed by atoms with Crippen LogP contribution in [-0.2, 0) is 0 Å². The molecule has 116 valence electrons. The minimum Gasteiger partial charge on any atom is -0.337 e. The second-order valence-corrected chi connectivity index (χ2v) is 5.09. The molecule has 1 atom stereocenters. The molecule has 1 saturated heterocycles. The summed E-state index contributed by atoms with van der Waals surface area (Å²) in [5.74, 6) is -0.119. The van der Waals surface area contributed by atoms with Crippen LogP contribution in [0, 0.1) is 17.0 Å². The zero-order chi connectivity index (χ0) is 14.7. The molecular formula is C14H20ClN3O3. The summed E-state index contributed by atoms with van der Waals surface area (Å²) < 4.78 is 0. The molecule has 0 spiro atoms. The maximum Gasteiger partial charge on any atom is 0.273 e. The topological polar surface area (TPSA) is 75.5 Å². The number of halogens is 1. The normalized spacial score (nSPS) is 18.0. The van der Waals surface area contributed by atoms with E-state index >= 15 is 0 Å². The van der Waals surface area contributed by atoms with Crippen molar-refractivity contribution in [3.8, 4) is 0 Å². The fourth-order valence-corrected chi connectivity index (χ4v) is 2.62. The number of rotatable bonds is 3. The number of nitro benzene ring substituents is 1. The van der Waals surface area contributed by atoms with Gasteiger partial charge in [0.1, 0.15) is 0 Å². The van der Waals surface area contributed by atoms with E-state index < -0.39 is 4.92 Å². The third kappa shape index (κ3) is 3.71. The highest BCUT2D eigenvalue weighted by Gasteiger charge is 2.26. The summed E-state index contributed by atoms with van der Waals surface area (Å²) in [6.07, 6.45) is 2.00. The zero-order valence-electron chi connectivity index (χ0n) is 12.2. The van der Waals surface area contributed by atoms with E-state index in [0.717, 1.165) is 12.8 Å². The van der Waals surface area contributed by atoms with Crippen molar-refractivity contribution < 1.29 is 9.72 Å². The molecule has 1 unspecified atom stereocenters. The smallest absolute Gasteiger partial charge is 0.273 e. The standard InChI is InChI=1S/C14H19N3O3.ClH/c1-10-12(6-3-7-13(10)17(19)20)14(18)16-8-4-5-11(9-16)15-2;/h3,6-7,11,15H,4-5,8-9H2,1-2H3;1H. The summed E-state index contributed by atoms with van der Waals surface area (Å²) >= 11 is 0. The molecule has 1 aromatic rings. The van der Waals surface area contributed by atoms with Gasteiger partial charge in [-0.05, 0) is 32.9 Å². The molecule has 0 aliphatic carbocycles. The Balaban J connectivity index is 0.00000220. The number of nitrogens with one attached hydrogen (secondary N) is 1. The fourth-order valence-electron chi connectivity index (χ4n) is 2.62. The maximum atomic E-state index is 12.5. The number of piperidine rings is 1. The van der Waals surface area contributed by atoms with Gasteiger partial charge in [0.25, 0.3) is 11.6 Å². The van der Waals surface area contributed by atoms with Crippen molar-refractivity contribution >= 4 is 24.0 Å². The molecular weight excluding hydrogens is 294 g/mol. The summed E-state index contributed by atoms with van der Waals surface area (Å²) in [6.45, 7) is 2.99. The van der Waals surface area contributed by atoms with Gasteiger partial charge in [0.15, 0.2) is 0 Å². The predicted molar refractivity (Wildman–Crippen MR) is 83.1 cm³/mol. The second kappa shape index (κ2) is 7.38. The molecule has 0 radical (unpaired) electrons. The molecule has 21 heavy (non-hydrogen) atoms. The molecule has 1 amide bonds. The van der Waals surface area contributed by atoms with Crippen LogP contribution in [0.15, 0.2) is 18.2 Å². The Morgan fingerprint density at radius 2 is 2.19 bits per heavy atom. The van der Waals surface area contributed by atoms with Crippen LogP contribution in [0.3, 0.4) is 0 Å². The SMILES string of the molecule is CNC1CCCN(C(=O)c2cccc([N+](=O)[O-])c2C)C1.Cl. The number of likely N-dealkylation sites (tertiary alicyclic amines) is 1. The third-order valence-corrected chi connectivity index (χ3v) is 3.85. The molecule has 7 heteroatoms.